The summed E-state index contributed by atoms with van der Waals surface area (Å²) < 4.78 is 1.94. The molecule has 5 nitrogen and oxygen atoms in total. The minimum atomic E-state index is -0.135. The highest BCUT2D eigenvalue weighted by molar-refractivity contribution is 5.79. The van der Waals surface area contributed by atoms with E-state index >= 15 is 0 Å². The predicted molar refractivity (Wildman–Crippen MR) is 93.7 cm³/mol. The Bertz CT molecular complexity index is 840. The molecule has 0 fully saturated rings. The van der Waals surface area contributed by atoms with Crippen LogP contribution in [0, 0.1) is 6.92 Å². The Morgan fingerprint density at radius 1 is 1.17 bits per heavy atom. The quantitative estimate of drug-likeness (QED) is 0.758. The van der Waals surface area contributed by atoms with Gasteiger partial charge in [-0.25, -0.2) is 0 Å². The summed E-state index contributed by atoms with van der Waals surface area (Å²) in [5, 5.41) is 11.6. The molecule has 0 saturated heterocycles. The average molecular weight is 322 g/mol. The minimum absolute atomic E-state index is 0.00966. The largest absolute Gasteiger partial charge is 0.346 e. The number of nitrogens with one attached hydrogen (secondary N) is 1. The van der Waals surface area contributed by atoms with E-state index in [0.717, 1.165) is 35.4 Å². The first kappa shape index (κ1) is 16.2. The molecule has 2 heterocycles. The highest BCUT2D eigenvalue weighted by atomic mass is 16.1. The summed E-state index contributed by atoms with van der Waals surface area (Å²) in [5.41, 5.74) is 2.98. The number of hydrogen-bond acceptors (Lipinski definition) is 3. The second-order valence-corrected chi connectivity index (χ2v) is 6.00. The fourth-order valence-corrected chi connectivity index (χ4v) is 2.88. The Balaban J connectivity index is 1.79. The highest BCUT2D eigenvalue weighted by Gasteiger charge is 2.19. The third-order valence-electron chi connectivity index (χ3n) is 4.18. The number of aryl methyl sites for hydroxylation is 1. The van der Waals surface area contributed by atoms with Gasteiger partial charge in [0.1, 0.15) is 0 Å². The molecule has 1 N–H and O–H groups in total. The van der Waals surface area contributed by atoms with Gasteiger partial charge in [-0.05, 0) is 36.6 Å². The molecule has 3 rings (SSSR count). The molecule has 1 amide bonds. The SMILES string of the molecule is CCCC(NC(=O)Cc1ccccc1C)c1nnc2ccccn12. The van der Waals surface area contributed by atoms with E-state index in [9.17, 15) is 4.79 Å². The van der Waals surface area contributed by atoms with Gasteiger partial charge in [-0.1, -0.05) is 43.7 Å². The van der Waals surface area contributed by atoms with E-state index in [4.69, 9.17) is 0 Å². The zero-order chi connectivity index (χ0) is 16.9. The molecular weight excluding hydrogens is 300 g/mol. The zero-order valence-electron chi connectivity index (χ0n) is 14.1. The fraction of sp³-hybridized carbons (Fsp3) is 0.316. The number of benzene rings is 1. The first-order valence-corrected chi connectivity index (χ1v) is 8.32. The van der Waals surface area contributed by atoms with Crippen molar-refractivity contribution in [1.82, 2.24) is 19.9 Å². The molecule has 0 bridgehead atoms. The van der Waals surface area contributed by atoms with E-state index in [0.29, 0.717) is 6.42 Å². The Morgan fingerprint density at radius 3 is 2.75 bits per heavy atom. The van der Waals surface area contributed by atoms with Crippen LogP contribution >= 0.6 is 0 Å². The molecule has 5 heteroatoms. The van der Waals surface area contributed by atoms with Crippen LogP contribution in [-0.2, 0) is 11.2 Å². The molecule has 0 aliphatic rings. The third-order valence-corrected chi connectivity index (χ3v) is 4.18. The topological polar surface area (TPSA) is 59.3 Å². The van der Waals surface area contributed by atoms with Crippen LogP contribution in [0.5, 0.6) is 0 Å². The summed E-state index contributed by atoms with van der Waals surface area (Å²) >= 11 is 0. The summed E-state index contributed by atoms with van der Waals surface area (Å²) in [5.74, 6) is 0.793. The number of pyridine rings is 1. The van der Waals surface area contributed by atoms with Crippen molar-refractivity contribution in [3.63, 3.8) is 0 Å². The predicted octanol–water partition coefficient (Wildman–Crippen LogP) is 3.24. The maximum atomic E-state index is 12.5. The van der Waals surface area contributed by atoms with Crippen LogP contribution in [0.25, 0.3) is 5.65 Å². The van der Waals surface area contributed by atoms with Gasteiger partial charge in [-0.3, -0.25) is 9.20 Å². The number of rotatable bonds is 6. The summed E-state index contributed by atoms with van der Waals surface area (Å²) in [6, 6.07) is 13.6. The van der Waals surface area contributed by atoms with Gasteiger partial charge in [-0.15, -0.1) is 10.2 Å². The smallest absolute Gasteiger partial charge is 0.225 e. The normalized spacial score (nSPS) is 12.2. The lowest BCUT2D eigenvalue weighted by Crippen LogP contribution is -2.31. The number of amides is 1. The van der Waals surface area contributed by atoms with Crippen LogP contribution in [-0.4, -0.2) is 20.5 Å². The molecule has 0 aliphatic heterocycles. The van der Waals surface area contributed by atoms with Crippen molar-refractivity contribution in [3.8, 4) is 0 Å². The van der Waals surface area contributed by atoms with E-state index in [-0.39, 0.29) is 11.9 Å². The second-order valence-electron chi connectivity index (χ2n) is 6.00. The van der Waals surface area contributed by atoms with Gasteiger partial charge in [0.15, 0.2) is 11.5 Å². The molecule has 0 saturated carbocycles. The van der Waals surface area contributed by atoms with E-state index in [1.54, 1.807) is 0 Å². The molecule has 0 spiro atoms. The maximum Gasteiger partial charge on any atom is 0.225 e. The summed E-state index contributed by atoms with van der Waals surface area (Å²) in [6.45, 7) is 4.13. The molecule has 24 heavy (non-hydrogen) atoms. The molecule has 1 unspecified atom stereocenters. The van der Waals surface area contributed by atoms with Gasteiger partial charge >= 0.3 is 0 Å². The van der Waals surface area contributed by atoms with E-state index in [2.05, 4.69) is 22.4 Å². The number of carbonyl (C=O) groups excluding carboxylic acids is 1. The van der Waals surface area contributed by atoms with Crippen molar-refractivity contribution in [3.05, 3.63) is 65.6 Å². The highest BCUT2D eigenvalue weighted by Crippen LogP contribution is 2.18. The lowest BCUT2D eigenvalue weighted by Gasteiger charge is -2.17. The zero-order valence-corrected chi connectivity index (χ0v) is 14.1. The summed E-state index contributed by atoms with van der Waals surface area (Å²) in [6.07, 6.45) is 4.09. The first-order chi connectivity index (χ1) is 11.7. The van der Waals surface area contributed by atoms with Gasteiger partial charge in [-0.2, -0.15) is 0 Å². The van der Waals surface area contributed by atoms with E-state index in [1.807, 2.05) is 60.0 Å². The van der Waals surface area contributed by atoms with Gasteiger partial charge in [0.05, 0.1) is 12.5 Å². The summed E-state index contributed by atoms with van der Waals surface area (Å²) in [7, 11) is 0. The Hall–Kier alpha value is -2.69. The Labute approximate surface area is 141 Å². The monoisotopic (exact) mass is 322 g/mol. The van der Waals surface area contributed by atoms with Crippen LogP contribution in [0.3, 0.4) is 0 Å². The maximum absolute atomic E-state index is 12.5. The van der Waals surface area contributed by atoms with Crippen molar-refractivity contribution in [2.24, 2.45) is 0 Å². The molecule has 1 atom stereocenters. The molecule has 1 aromatic carbocycles. The standard InChI is InChI=1S/C19H22N4O/c1-3-8-16(19-22-21-17-11-6-7-12-23(17)19)20-18(24)13-15-10-5-4-9-14(15)2/h4-7,9-12,16H,3,8,13H2,1-2H3,(H,20,24). The number of aromatic nitrogens is 3. The summed E-state index contributed by atoms with van der Waals surface area (Å²) in [4.78, 5) is 12.5. The van der Waals surface area contributed by atoms with Crippen LogP contribution < -0.4 is 5.32 Å². The van der Waals surface area contributed by atoms with Gasteiger partial charge in [0.25, 0.3) is 0 Å². The lowest BCUT2D eigenvalue weighted by atomic mass is 10.0. The second kappa shape index (κ2) is 7.25. The van der Waals surface area contributed by atoms with Crippen LogP contribution in [0.4, 0.5) is 0 Å². The molecule has 0 aliphatic carbocycles. The Morgan fingerprint density at radius 2 is 1.96 bits per heavy atom. The molecule has 3 aromatic rings. The van der Waals surface area contributed by atoms with Crippen LogP contribution in [0.2, 0.25) is 0 Å². The number of nitrogens with zero attached hydrogens (tertiary/aromatic N) is 3. The van der Waals surface area contributed by atoms with E-state index in [1.165, 1.54) is 0 Å². The van der Waals surface area contributed by atoms with Crippen LogP contribution in [0.1, 0.15) is 42.8 Å². The van der Waals surface area contributed by atoms with Gasteiger partial charge in [0, 0.05) is 6.20 Å². The van der Waals surface area contributed by atoms with Crippen LogP contribution in [0.15, 0.2) is 48.7 Å². The molecule has 0 radical (unpaired) electrons. The van der Waals surface area contributed by atoms with Crippen molar-refractivity contribution in [2.75, 3.05) is 0 Å². The van der Waals surface area contributed by atoms with Crippen molar-refractivity contribution >= 4 is 11.6 Å². The molecule has 124 valence electrons. The number of fused-ring (bicyclic) bond motifs is 1. The molecular formula is C19H22N4O. The molecule has 2 aromatic heterocycles. The van der Waals surface area contributed by atoms with Crippen molar-refractivity contribution in [2.45, 2.75) is 39.2 Å². The van der Waals surface area contributed by atoms with Gasteiger partial charge in [0.2, 0.25) is 5.91 Å². The Kier molecular flexibility index (Phi) is 4.89. The lowest BCUT2D eigenvalue weighted by molar-refractivity contribution is -0.121. The minimum Gasteiger partial charge on any atom is -0.346 e. The van der Waals surface area contributed by atoms with Crippen molar-refractivity contribution < 1.29 is 4.79 Å². The van der Waals surface area contributed by atoms with E-state index < -0.39 is 0 Å². The van der Waals surface area contributed by atoms with Gasteiger partial charge < -0.3 is 5.32 Å². The first-order valence-electron chi connectivity index (χ1n) is 8.32. The average Bonchev–Trinajstić information content (AvgIpc) is 3.00. The number of hydrogen-bond donors (Lipinski definition) is 1. The number of carbonyl (C=O) groups is 1. The fourth-order valence-electron chi connectivity index (χ4n) is 2.88. The third kappa shape index (κ3) is 3.45. The van der Waals surface area contributed by atoms with Crippen molar-refractivity contribution in [1.29, 1.82) is 0 Å².